The number of nitrogens with zero attached hydrogens (tertiary/aromatic N) is 1. The van der Waals surface area contributed by atoms with Crippen molar-refractivity contribution in [2.45, 2.75) is 12.5 Å². The first-order chi connectivity index (χ1) is 17.2. The van der Waals surface area contributed by atoms with E-state index in [1.165, 1.54) is 24.1 Å². The third-order valence-corrected chi connectivity index (χ3v) is 6.18. The van der Waals surface area contributed by atoms with Crippen LogP contribution in [0.5, 0.6) is 11.5 Å². The van der Waals surface area contributed by atoms with Crippen LogP contribution in [0, 0.1) is 0 Å². The van der Waals surface area contributed by atoms with E-state index in [2.05, 4.69) is 10.0 Å². The van der Waals surface area contributed by atoms with Gasteiger partial charge in [0.2, 0.25) is 5.91 Å². The number of urea groups is 1. The molecule has 0 heterocycles. The Bertz CT molecular complexity index is 1280. The van der Waals surface area contributed by atoms with Crippen molar-refractivity contribution >= 4 is 33.5 Å². The Morgan fingerprint density at radius 3 is 2.19 bits per heavy atom. The summed E-state index contributed by atoms with van der Waals surface area (Å²) in [5.74, 6) is 0.638. The van der Waals surface area contributed by atoms with Crippen molar-refractivity contribution in [2.24, 2.45) is 0 Å². The van der Waals surface area contributed by atoms with E-state index in [1.807, 2.05) is 35.1 Å². The van der Waals surface area contributed by atoms with Gasteiger partial charge in [0.05, 0.1) is 19.9 Å². The monoisotopic (exact) mass is 512 g/mol. The lowest BCUT2D eigenvalue weighted by Gasteiger charge is -2.25. The number of methoxy groups -OCH3 is 2. The first kappa shape index (κ1) is 26.4. The molecule has 0 spiro atoms. The summed E-state index contributed by atoms with van der Waals surface area (Å²) < 4.78 is 39.4. The molecule has 0 saturated carbocycles. The predicted molar refractivity (Wildman–Crippen MR) is 138 cm³/mol. The fourth-order valence-electron chi connectivity index (χ4n) is 3.39. The zero-order valence-corrected chi connectivity index (χ0v) is 20.9. The first-order valence-corrected chi connectivity index (χ1v) is 12.4. The van der Waals surface area contributed by atoms with E-state index < -0.39 is 28.2 Å². The fourth-order valence-corrected chi connectivity index (χ4v) is 4.18. The number of amides is 3. The molecular weight excluding hydrogens is 484 g/mol. The third kappa shape index (κ3) is 7.37. The van der Waals surface area contributed by atoms with Crippen LogP contribution in [0.4, 0.5) is 16.2 Å². The molecule has 1 atom stereocenters. The summed E-state index contributed by atoms with van der Waals surface area (Å²) in [6, 6.07) is 20.0. The van der Waals surface area contributed by atoms with Crippen LogP contribution in [0.3, 0.4) is 0 Å². The molecule has 11 heteroatoms. The van der Waals surface area contributed by atoms with Gasteiger partial charge in [0.15, 0.2) is 0 Å². The van der Waals surface area contributed by atoms with Gasteiger partial charge < -0.3 is 19.7 Å². The Hall–Kier alpha value is -4.25. The second kappa shape index (κ2) is 11.9. The zero-order chi connectivity index (χ0) is 26.1. The number of nitrogens with one attached hydrogen (secondary N) is 3. The largest absolute Gasteiger partial charge is 0.497 e. The summed E-state index contributed by atoms with van der Waals surface area (Å²) >= 11 is 0. The van der Waals surface area contributed by atoms with E-state index in [0.717, 1.165) is 5.56 Å². The van der Waals surface area contributed by atoms with E-state index >= 15 is 0 Å². The molecule has 0 aliphatic heterocycles. The highest BCUT2D eigenvalue weighted by Gasteiger charge is 2.27. The number of hydrogen-bond donors (Lipinski definition) is 3. The van der Waals surface area contributed by atoms with Gasteiger partial charge in [-0.25, -0.2) is 9.52 Å². The van der Waals surface area contributed by atoms with Crippen LogP contribution in [0.2, 0.25) is 0 Å². The number of benzene rings is 3. The topological polar surface area (TPSA) is 126 Å². The molecule has 0 saturated heterocycles. The van der Waals surface area contributed by atoms with Crippen molar-refractivity contribution < 1.29 is 27.5 Å². The minimum absolute atomic E-state index is 0.150. The highest BCUT2D eigenvalue weighted by atomic mass is 32.2. The van der Waals surface area contributed by atoms with Crippen molar-refractivity contribution in [1.82, 2.24) is 10.0 Å². The second-order valence-corrected chi connectivity index (χ2v) is 9.17. The highest BCUT2D eigenvalue weighted by Crippen LogP contribution is 2.20. The minimum Gasteiger partial charge on any atom is -0.497 e. The van der Waals surface area contributed by atoms with E-state index in [-0.39, 0.29) is 12.1 Å². The second-order valence-electron chi connectivity index (χ2n) is 7.75. The molecule has 0 aliphatic carbocycles. The van der Waals surface area contributed by atoms with Gasteiger partial charge in [-0.05, 0) is 42.0 Å². The van der Waals surface area contributed by atoms with Crippen LogP contribution in [0.1, 0.15) is 5.56 Å². The van der Waals surface area contributed by atoms with Gasteiger partial charge in [0.1, 0.15) is 17.5 Å². The van der Waals surface area contributed by atoms with Crippen LogP contribution in [0.25, 0.3) is 0 Å². The number of likely N-dealkylation sites (N-methyl/N-ethyl adjacent to an activating group) is 1. The molecule has 0 aliphatic rings. The summed E-state index contributed by atoms with van der Waals surface area (Å²) in [5, 5.41) is 2.49. The summed E-state index contributed by atoms with van der Waals surface area (Å²) in [5.41, 5.74) is 1.57. The van der Waals surface area contributed by atoms with Gasteiger partial charge in [-0.3, -0.25) is 9.52 Å². The number of anilines is 2. The Morgan fingerprint density at radius 2 is 1.56 bits per heavy atom. The summed E-state index contributed by atoms with van der Waals surface area (Å²) in [7, 11) is 0.274. The highest BCUT2D eigenvalue weighted by molar-refractivity contribution is 7.91. The van der Waals surface area contributed by atoms with Crippen molar-refractivity contribution in [3.05, 3.63) is 84.4 Å². The van der Waals surface area contributed by atoms with E-state index in [0.29, 0.717) is 17.2 Å². The van der Waals surface area contributed by atoms with E-state index in [4.69, 9.17) is 9.47 Å². The maximum atomic E-state index is 13.3. The van der Waals surface area contributed by atoms with Crippen molar-refractivity contribution in [2.75, 3.05) is 30.9 Å². The average Bonchev–Trinajstić information content (AvgIpc) is 2.87. The molecule has 3 aromatic carbocycles. The molecule has 10 nitrogen and oxygen atoms in total. The summed E-state index contributed by atoms with van der Waals surface area (Å²) in [6.07, 6.45) is 0.150. The molecule has 36 heavy (non-hydrogen) atoms. The smallest absolute Gasteiger partial charge is 0.330 e. The molecule has 3 rings (SSSR count). The number of carbonyl (C=O) groups is 2. The standard InChI is InChI=1S/C25H28N4O6S/c1-29(20-12-14-21(34-2)15-13-20)24(30)23(16-18-8-5-4-6-9-18)26-25(31)28-36(32,33)27-19-10-7-11-22(17-19)35-3/h4-15,17,23,27H,16H2,1-3H3,(H2,26,28,31)/t23-/m0/s1. The average molecular weight is 513 g/mol. The molecular formula is C25H28N4O6S. The van der Waals surface area contributed by atoms with Crippen molar-refractivity contribution in [3.8, 4) is 11.5 Å². The molecule has 3 aromatic rings. The van der Waals surface area contributed by atoms with Gasteiger partial charge >= 0.3 is 16.2 Å². The van der Waals surface area contributed by atoms with Crippen LogP contribution in [-0.4, -0.2) is 47.7 Å². The number of ether oxygens (including phenoxy) is 2. The lowest BCUT2D eigenvalue weighted by molar-refractivity contribution is -0.120. The normalized spacial score (nSPS) is 11.6. The molecule has 0 fully saturated rings. The van der Waals surface area contributed by atoms with Crippen LogP contribution in [-0.2, 0) is 21.4 Å². The molecule has 0 unspecified atom stereocenters. The lowest BCUT2D eigenvalue weighted by Crippen LogP contribution is -2.53. The molecule has 0 bridgehead atoms. The van der Waals surface area contributed by atoms with Crippen molar-refractivity contribution in [1.29, 1.82) is 0 Å². The van der Waals surface area contributed by atoms with Gasteiger partial charge in [0, 0.05) is 25.2 Å². The van der Waals surface area contributed by atoms with Crippen LogP contribution >= 0.6 is 0 Å². The predicted octanol–water partition coefficient (Wildman–Crippen LogP) is 2.93. The van der Waals surface area contributed by atoms with Gasteiger partial charge in [-0.2, -0.15) is 8.42 Å². The molecule has 190 valence electrons. The van der Waals surface area contributed by atoms with Crippen molar-refractivity contribution in [3.63, 3.8) is 0 Å². The van der Waals surface area contributed by atoms with E-state index in [9.17, 15) is 18.0 Å². The van der Waals surface area contributed by atoms with Gasteiger partial charge in [-0.15, -0.1) is 0 Å². The molecule has 3 amide bonds. The fraction of sp³-hybridized carbons (Fsp3) is 0.200. The third-order valence-electron chi connectivity index (χ3n) is 5.23. The Kier molecular flexibility index (Phi) is 8.74. The Balaban J connectivity index is 1.75. The lowest BCUT2D eigenvalue weighted by atomic mass is 10.0. The van der Waals surface area contributed by atoms with Crippen LogP contribution < -0.4 is 29.1 Å². The number of hydrogen-bond acceptors (Lipinski definition) is 6. The summed E-state index contributed by atoms with van der Waals surface area (Å²) in [6.45, 7) is 0. The van der Waals surface area contributed by atoms with Gasteiger partial charge in [-0.1, -0.05) is 36.4 Å². The molecule has 0 aromatic heterocycles. The molecule has 0 radical (unpaired) electrons. The summed E-state index contributed by atoms with van der Waals surface area (Å²) in [4.78, 5) is 27.4. The Morgan fingerprint density at radius 1 is 0.889 bits per heavy atom. The first-order valence-electron chi connectivity index (χ1n) is 10.9. The van der Waals surface area contributed by atoms with Crippen LogP contribution in [0.15, 0.2) is 78.9 Å². The maximum Gasteiger partial charge on any atom is 0.330 e. The maximum absolute atomic E-state index is 13.3. The SMILES string of the molecule is COc1ccc(N(C)C(=O)[C@H](Cc2ccccc2)NC(=O)NS(=O)(=O)Nc2cccc(OC)c2)cc1. The van der Waals surface area contributed by atoms with Gasteiger partial charge in [0.25, 0.3) is 0 Å². The Labute approximate surface area is 210 Å². The zero-order valence-electron chi connectivity index (χ0n) is 20.1. The molecule has 3 N–H and O–H groups in total. The quantitative estimate of drug-likeness (QED) is 0.384. The van der Waals surface area contributed by atoms with E-state index in [1.54, 1.807) is 50.6 Å². The minimum atomic E-state index is -4.29. The number of rotatable bonds is 10. The number of carbonyl (C=O) groups excluding carboxylic acids is 2.